The first-order valence-electron chi connectivity index (χ1n) is 8.51. The molecule has 0 aliphatic carbocycles. The lowest BCUT2D eigenvalue weighted by molar-refractivity contribution is -0.115. The van der Waals surface area contributed by atoms with E-state index in [9.17, 15) is 4.79 Å². The highest BCUT2D eigenvalue weighted by molar-refractivity contribution is 5.93. The van der Waals surface area contributed by atoms with Crippen LogP contribution in [0.2, 0.25) is 0 Å². The van der Waals surface area contributed by atoms with Gasteiger partial charge in [0.25, 0.3) is 0 Å². The van der Waals surface area contributed by atoms with E-state index in [0.29, 0.717) is 47.6 Å². The summed E-state index contributed by atoms with van der Waals surface area (Å²) in [5, 5.41) is 6.81. The van der Waals surface area contributed by atoms with E-state index in [1.807, 2.05) is 30.3 Å². The Balaban J connectivity index is 1.46. The number of aromatic nitrogens is 1. The molecule has 3 aromatic rings. The minimum atomic E-state index is -0.207. The number of fused-ring (bicyclic) bond motifs is 1. The maximum Gasteiger partial charge on any atom is 0.230 e. The zero-order valence-electron chi connectivity index (χ0n) is 14.7. The fraction of sp³-hybridized carbons (Fsp3) is 0.200. The Morgan fingerprint density at radius 2 is 1.93 bits per heavy atom. The topological polar surface area (TPSA) is 82.8 Å². The average molecular weight is 366 g/mol. The van der Waals surface area contributed by atoms with Gasteiger partial charge in [-0.25, -0.2) is 0 Å². The summed E-state index contributed by atoms with van der Waals surface area (Å²) in [7, 11) is 1.56. The standard InChI is InChI=1S/C20H18N2O5/c1-24-16-5-3-2-4-15(16)21-20(23)12-14-11-18(27-22-14)13-6-7-17-19(10-13)26-9-8-25-17/h2-7,10-11H,8-9,12H2,1H3,(H,21,23). The number of anilines is 1. The predicted molar refractivity (Wildman–Crippen MR) is 98.3 cm³/mol. The maximum atomic E-state index is 12.3. The number of nitrogens with zero attached hydrogens (tertiary/aromatic N) is 1. The summed E-state index contributed by atoms with van der Waals surface area (Å²) < 4.78 is 21.7. The van der Waals surface area contributed by atoms with E-state index in [0.717, 1.165) is 5.56 Å². The van der Waals surface area contributed by atoms with Crippen LogP contribution in [0.15, 0.2) is 53.1 Å². The van der Waals surface area contributed by atoms with Gasteiger partial charge >= 0.3 is 0 Å². The van der Waals surface area contributed by atoms with E-state index in [1.165, 1.54) is 0 Å². The van der Waals surface area contributed by atoms with Gasteiger partial charge < -0.3 is 24.1 Å². The monoisotopic (exact) mass is 366 g/mol. The van der Waals surface area contributed by atoms with Gasteiger partial charge in [0.05, 0.1) is 24.9 Å². The van der Waals surface area contributed by atoms with Gasteiger partial charge in [-0.3, -0.25) is 4.79 Å². The Bertz CT molecular complexity index is 967. The molecule has 0 saturated carbocycles. The summed E-state index contributed by atoms with van der Waals surface area (Å²) >= 11 is 0. The number of benzene rings is 2. The van der Waals surface area contributed by atoms with E-state index in [4.69, 9.17) is 18.7 Å². The van der Waals surface area contributed by atoms with E-state index in [-0.39, 0.29) is 12.3 Å². The molecule has 1 amide bonds. The first kappa shape index (κ1) is 17.0. The van der Waals surface area contributed by atoms with Crippen molar-refractivity contribution in [3.63, 3.8) is 0 Å². The molecule has 2 aromatic carbocycles. The maximum absolute atomic E-state index is 12.3. The molecule has 0 atom stereocenters. The van der Waals surface area contributed by atoms with Crippen LogP contribution in [0.3, 0.4) is 0 Å². The van der Waals surface area contributed by atoms with Gasteiger partial charge in [0.1, 0.15) is 19.0 Å². The molecule has 7 heteroatoms. The lowest BCUT2D eigenvalue weighted by Gasteiger charge is -2.18. The first-order valence-corrected chi connectivity index (χ1v) is 8.51. The van der Waals surface area contributed by atoms with Crippen molar-refractivity contribution in [2.75, 3.05) is 25.6 Å². The molecule has 138 valence electrons. The lowest BCUT2D eigenvalue weighted by atomic mass is 10.1. The zero-order valence-corrected chi connectivity index (χ0v) is 14.7. The summed E-state index contributed by atoms with van der Waals surface area (Å²) in [6, 6.07) is 14.5. The van der Waals surface area contributed by atoms with Gasteiger partial charge in [0.15, 0.2) is 17.3 Å². The molecule has 0 spiro atoms. The highest BCUT2D eigenvalue weighted by Gasteiger charge is 2.16. The highest BCUT2D eigenvalue weighted by atomic mass is 16.6. The van der Waals surface area contributed by atoms with Crippen molar-refractivity contribution >= 4 is 11.6 Å². The van der Waals surface area contributed by atoms with Crippen LogP contribution >= 0.6 is 0 Å². The Morgan fingerprint density at radius 1 is 1.11 bits per heavy atom. The Morgan fingerprint density at radius 3 is 2.78 bits per heavy atom. The fourth-order valence-electron chi connectivity index (χ4n) is 2.83. The molecule has 1 aliphatic heterocycles. The number of rotatable bonds is 5. The molecule has 0 fully saturated rings. The van der Waals surface area contributed by atoms with Crippen molar-refractivity contribution in [1.82, 2.24) is 5.16 Å². The van der Waals surface area contributed by atoms with Crippen molar-refractivity contribution in [3.8, 4) is 28.6 Å². The molecule has 0 unspecified atom stereocenters. The second kappa shape index (κ2) is 7.41. The Hall–Kier alpha value is -3.48. The number of ether oxygens (including phenoxy) is 3. The smallest absolute Gasteiger partial charge is 0.230 e. The number of hydrogen-bond donors (Lipinski definition) is 1. The van der Waals surface area contributed by atoms with Crippen molar-refractivity contribution < 1.29 is 23.5 Å². The van der Waals surface area contributed by atoms with Crippen LogP contribution in [0, 0.1) is 0 Å². The number of nitrogens with one attached hydrogen (secondary N) is 1. The molecular formula is C20H18N2O5. The first-order chi connectivity index (χ1) is 13.2. The molecule has 27 heavy (non-hydrogen) atoms. The average Bonchev–Trinajstić information content (AvgIpc) is 3.16. The third-order valence-electron chi connectivity index (χ3n) is 4.11. The van der Waals surface area contributed by atoms with Crippen LogP contribution in [-0.2, 0) is 11.2 Å². The fourth-order valence-corrected chi connectivity index (χ4v) is 2.83. The molecule has 1 aliphatic rings. The molecule has 0 bridgehead atoms. The molecule has 0 radical (unpaired) electrons. The van der Waals surface area contributed by atoms with Crippen molar-refractivity contribution in [1.29, 1.82) is 0 Å². The summed E-state index contributed by atoms with van der Waals surface area (Å²) in [5.74, 6) is 2.34. The van der Waals surface area contributed by atoms with Gasteiger partial charge in [0, 0.05) is 11.6 Å². The minimum Gasteiger partial charge on any atom is -0.495 e. The van der Waals surface area contributed by atoms with Gasteiger partial charge in [-0.15, -0.1) is 0 Å². The second-order valence-electron chi connectivity index (χ2n) is 5.97. The third-order valence-corrected chi connectivity index (χ3v) is 4.11. The predicted octanol–water partition coefficient (Wildman–Crippen LogP) is 3.30. The van der Waals surface area contributed by atoms with Crippen molar-refractivity contribution in [3.05, 3.63) is 54.2 Å². The van der Waals surface area contributed by atoms with Crippen LogP contribution in [0.5, 0.6) is 17.2 Å². The molecule has 7 nitrogen and oxygen atoms in total. The van der Waals surface area contributed by atoms with Crippen LogP contribution < -0.4 is 19.5 Å². The normalized spacial score (nSPS) is 12.5. The van der Waals surface area contributed by atoms with E-state index >= 15 is 0 Å². The summed E-state index contributed by atoms with van der Waals surface area (Å²) in [4.78, 5) is 12.3. The van der Waals surface area contributed by atoms with Gasteiger partial charge in [-0.1, -0.05) is 17.3 Å². The molecule has 2 heterocycles. The van der Waals surface area contributed by atoms with Gasteiger partial charge in [-0.05, 0) is 30.3 Å². The zero-order chi connectivity index (χ0) is 18.6. The van der Waals surface area contributed by atoms with Crippen LogP contribution in [0.25, 0.3) is 11.3 Å². The number of hydrogen-bond acceptors (Lipinski definition) is 6. The molecule has 1 aromatic heterocycles. The molecular weight excluding hydrogens is 348 g/mol. The van der Waals surface area contributed by atoms with E-state index < -0.39 is 0 Å². The summed E-state index contributed by atoms with van der Waals surface area (Å²) in [6.07, 6.45) is 0.0894. The largest absolute Gasteiger partial charge is 0.495 e. The van der Waals surface area contributed by atoms with Crippen molar-refractivity contribution in [2.45, 2.75) is 6.42 Å². The molecule has 4 rings (SSSR count). The number of carbonyl (C=O) groups is 1. The summed E-state index contributed by atoms with van der Waals surface area (Å²) in [6.45, 7) is 1.06. The van der Waals surface area contributed by atoms with E-state index in [1.54, 1.807) is 25.3 Å². The van der Waals surface area contributed by atoms with Gasteiger partial charge in [-0.2, -0.15) is 0 Å². The Labute approximate surface area is 155 Å². The van der Waals surface area contributed by atoms with Crippen LogP contribution in [0.1, 0.15) is 5.69 Å². The van der Waals surface area contributed by atoms with Crippen LogP contribution in [0.4, 0.5) is 5.69 Å². The van der Waals surface area contributed by atoms with Crippen LogP contribution in [-0.4, -0.2) is 31.4 Å². The highest BCUT2D eigenvalue weighted by Crippen LogP contribution is 2.34. The Kier molecular flexibility index (Phi) is 4.65. The van der Waals surface area contributed by atoms with E-state index in [2.05, 4.69) is 10.5 Å². The molecule has 1 N–H and O–H groups in total. The second-order valence-corrected chi connectivity index (χ2v) is 5.97. The SMILES string of the molecule is COc1ccccc1NC(=O)Cc1cc(-c2ccc3c(c2)OCCO3)on1. The number of carbonyl (C=O) groups excluding carboxylic acids is 1. The minimum absolute atomic E-state index is 0.0894. The van der Waals surface area contributed by atoms with Gasteiger partial charge in [0.2, 0.25) is 5.91 Å². The lowest BCUT2D eigenvalue weighted by Crippen LogP contribution is -2.15. The summed E-state index contributed by atoms with van der Waals surface area (Å²) in [5.41, 5.74) is 1.95. The van der Waals surface area contributed by atoms with Crippen molar-refractivity contribution in [2.24, 2.45) is 0 Å². The number of methoxy groups -OCH3 is 1. The number of para-hydroxylation sites is 2. The quantitative estimate of drug-likeness (QED) is 0.746. The number of amides is 1. The molecule has 0 saturated heterocycles. The third kappa shape index (κ3) is 3.72.